The molecule has 2 N–H and O–H groups in total. The second-order valence-corrected chi connectivity index (χ2v) is 7.95. The zero-order valence-corrected chi connectivity index (χ0v) is 18.7. The molecule has 34 heavy (non-hydrogen) atoms. The molecular formula is C26H27N3O5. The van der Waals surface area contributed by atoms with Gasteiger partial charge in [0.25, 0.3) is 5.91 Å². The van der Waals surface area contributed by atoms with Crippen molar-refractivity contribution in [2.24, 2.45) is 0 Å². The summed E-state index contributed by atoms with van der Waals surface area (Å²) >= 11 is 0. The molecule has 2 atom stereocenters. The second kappa shape index (κ2) is 11.3. The third-order valence-corrected chi connectivity index (χ3v) is 5.60. The van der Waals surface area contributed by atoms with Crippen molar-refractivity contribution in [2.45, 2.75) is 25.0 Å². The average Bonchev–Trinajstić information content (AvgIpc) is 3.60. The number of amides is 3. The molecular weight excluding hydrogens is 434 g/mol. The van der Waals surface area contributed by atoms with Crippen LogP contribution in [0.4, 0.5) is 5.69 Å². The van der Waals surface area contributed by atoms with E-state index in [1.807, 2.05) is 24.3 Å². The molecule has 4 rings (SSSR count). The number of anilines is 1. The summed E-state index contributed by atoms with van der Waals surface area (Å²) in [7, 11) is 0. The van der Waals surface area contributed by atoms with Crippen LogP contribution < -0.4 is 15.5 Å². The van der Waals surface area contributed by atoms with Gasteiger partial charge in [-0.25, -0.2) is 0 Å². The summed E-state index contributed by atoms with van der Waals surface area (Å²) in [5, 5.41) is 5.54. The van der Waals surface area contributed by atoms with E-state index < -0.39 is 17.9 Å². The minimum absolute atomic E-state index is 0.0335. The highest BCUT2D eigenvalue weighted by molar-refractivity contribution is 6.04. The largest absolute Gasteiger partial charge is 0.459 e. The van der Waals surface area contributed by atoms with Gasteiger partial charge in [-0.3, -0.25) is 19.3 Å². The highest BCUT2D eigenvalue weighted by atomic mass is 16.5. The first-order valence-electron chi connectivity index (χ1n) is 11.3. The van der Waals surface area contributed by atoms with Gasteiger partial charge in [0, 0.05) is 18.8 Å². The SMILES string of the molecule is O=C(NCC(=O)N(c1ccccc1)[C@@H](C(=O)NC[C@H]1CCCO1)c1ccccc1)c1ccco1. The van der Waals surface area contributed by atoms with Gasteiger partial charge in [0.2, 0.25) is 11.8 Å². The normalized spacial score (nSPS) is 15.9. The molecule has 0 unspecified atom stereocenters. The predicted octanol–water partition coefficient (Wildman–Crippen LogP) is 3.08. The molecule has 0 aliphatic carbocycles. The number of carbonyl (C=O) groups is 3. The van der Waals surface area contributed by atoms with Crippen LogP contribution in [0.2, 0.25) is 0 Å². The van der Waals surface area contributed by atoms with E-state index in [2.05, 4.69) is 10.6 Å². The highest BCUT2D eigenvalue weighted by Gasteiger charge is 2.33. The topological polar surface area (TPSA) is 101 Å². The summed E-state index contributed by atoms with van der Waals surface area (Å²) in [6.45, 7) is 0.748. The Labute approximate surface area is 197 Å². The number of benzene rings is 2. The number of hydrogen-bond donors (Lipinski definition) is 2. The molecule has 1 fully saturated rings. The summed E-state index contributed by atoms with van der Waals surface area (Å²) in [6.07, 6.45) is 3.20. The maximum Gasteiger partial charge on any atom is 0.287 e. The van der Waals surface area contributed by atoms with E-state index in [0.29, 0.717) is 24.4 Å². The maximum atomic E-state index is 13.5. The zero-order valence-electron chi connectivity index (χ0n) is 18.7. The Morgan fingerprint density at radius 3 is 2.32 bits per heavy atom. The first-order valence-corrected chi connectivity index (χ1v) is 11.3. The lowest BCUT2D eigenvalue weighted by molar-refractivity contribution is -0.126. The van der Waals surface area contributed by atoms with Crippen molar-refractivity contribution < 1.29 is 23.5 Å². The first kappa shape index (κ1) is 23.3. The van der Waals surface area contributed by atoms with Gasteiger partial charge in [0.05, 0.1) is 18.9 Å². The molecule has 8 heteroatoms. The molecule has 2 aromatic carbocycles. The van der Waals surface area contributed by atoms with Gasteiger partial charge in [-0.15, -0.1) is 0 Å². The van der Waals surface area contributed by atoms with Crippen LogP contribution in [-0.4, -0.2) is 43.5 Å². The lowest BCUT2D eigenvalue weighted by Crippen LogP contribution is -2.48. The number of hydrogen-bond acceptors (Lipinski definition) is 5. The van der Waals surface area contributed by atoms with Crippen molar-refractivity contribution in [3.05, 3.63) is 90.4 Å². The van der Waals surface area contributed by atoms with E-state index in [0.717, 1.165) is 12.8 Å². The summed E-state index contributed by atoms with van der Waals surface area (Å²) in [6, 6.07) is 20.2. The molecule has 1 aliphatic heterocycles. The van der Waals surface area contributed by atoms with E-state index in [4.69, 9.17) is 9.15 Å². The van der Waals surface area contributed by atoms with Crippen LogP contribution in [-0.2, 0) is 14.3 Å². The number of nitrogens with zero attached hydrogens (tertiary/aromatic N) is 1. The minimum atomic E-state index is -0.932. The number of nitrogens with one attached hydrogen (secondary N) is 2. The number of para-hydroxylation sites is 1. The molecule has 1 aromatic heterocycles. The lowest BCUT2D eigenvalue weighted by Gasteiger charge is -2.32. The van der Waals surface area contributed by atoms with Gasteiger partial charge in [0.1, 0.15) is 6.04 Å². The minimum Gasteiger partial charge on any atom is -0.459 e. The van der Waals surface area contributed by atoms with Gasteiger partial charge in [-0.1, -0.05) is 48.5 Å². The Hall–Kier alpha value is -3.91. The summed E-state index contributed by atoms with van der Waals surface area (Å²) < 4.78 is 10.7. The standard InChI is InChI=1S/C26H27N3O5/c30-23(18-28-25(31)22-14-8-16-34-22)29(20-11-5-2-6-12-20)24(19-9-3-1-4-10-19)26(32)27-17-21-13-7-15-33-21/h1-6,8-12,14,16,21,24H,7,13,15,17-18H2,(H,27,32)(H,28,31)/t21-,24-/m1/s1. The Morgan fingerprint density at radius 2 is 1.68 bits per heavy atom. The fourth-order valence-corrected chi connectivity index (χ4v) is 3.93. The van der Waals surface area contributed by atoms with Crippen LogP contribution in [0, 0.1) is 0 Å². The van der Waals surface area contributed by atoms with E-state index >= 15 is 0 Å². The molecule has 2 heterocycles. The molecule has 8 nitrogen and oxygen atoms in total. The molecule has 1 aliphatic rings. The van der Waals surface area contributed by atoms with E-state index in [1.54, 1.807) is 42.5 Å². The Kier molecular flexibility index (Phi) is 7.72. The highest BCUT2D eigenvalue weighted by Crippen LogP contribution is 2.28. The Bertz CT molecular complexity index is 1080. The van der Waals surface area contributed by atoms with Crippen LogP contribution in [0.3, 0.4) is 0 Å². The van der Waals surface area contributed by atoms with E-state index in [-0.39, 0.29) is 24.3 Å². The van der Waals surface area contributed by atoms with Gasteiger partial charge in [0.15, 0.2) is 5.76 Å². The monoisotopic (exact) mass is 461 g/mol. The van der Waals surface area contributed by atoms with Gasteiger partial charge < -0.3 is 19.8 Å². The fraction of sp³-hybridized carbons (Fsp3) is 0.269. The van der Waals surface area contributed by atoms with Crippen molar-refractivity contribution in [1.82, 2.24) is 10.6 Å². The second-order valence-electron chi connectivity index (χ2n) is 7.95. The van der Waals surface area contributed by atoms with Gasteiger partial charge in [-0.2, -0.15) is 0 Å². The quantitative estimate of drug-likeness (QED) is 0.510. The van der Waals surface area contributed by atoms with E-state index in [1.165, 1.54) is 17.2 Å². The first-order chi connectivity index (χ1) is 16.6. The predicted molar refractivity (Wildman–Crippen MR) is 126 cm³/mol. The summed E-state index contributed by atoms with van der Waals surface area (Å²) in [5.41, 5.74) is 1.20. The zero-order chi connectivity index (χ0) is 23.8. The molecule has 1 saturated heterocycles. The smallest absolute Gasteiger partial charge is 0.287 e. The molecule has 0 radical (unpaired) electrons. The number of ether oxygens (including phenoxy) is 1. The summed E-state index contributed by atoms with van der Waals surface area (Å²) in [4.78, 5) is 40.7. The molecule has 0 spiro atoms. The number of carbonyl (C=O) groups excluding carboxylic acids is 3. The van der Waals surface area contributed by atoms with E-state index in [9.17, 15) is 14.4 Å². The average molecular weight is 462 g/mol. The van der Waals surface area contributed by atoms with Gasteiger partial charge >= 0.3 is 0 Å². The molecule has 3 amide bonds. The number of furan rings is 1. The fourth-order valence-electron chi connectivity index (χ4n) is 3.93. The summed E-state index contributed by atoms with van der Waals surface area (Å²) in [5.74, 6) is -1.16. The lowest BCUT2D eigenvalue weighted by atomic mass is 10.0. The van der Waals surface area contributed by atoms with Crippen LogP contribution in [0.5, 0.6) is 0 Å². The number of rotatable bonds is 9. The van der Waals surface area contributed by atoms with Crippen LogP contribution in [0.15, 0.2) is 83.5 Å². The van der Waals surface area contributed by atoms with Crippen molar-refractivity contribution in [3.63, 3.8) is 0 Å². The van der Waals surface area contributed by atoms with Crippen molar-refractivity contribution in [1.29, 1.82) is 0 Å². The third-order valence-electron chi connectivity index (χ3n) is 5.60. The van der Waals surface area contributed by atoms with Crippen molar-refractivity contribution in [2.75, 3.05) is 24.6 Å². The third kappa shape index (κ3) is 5.71. The Balaban J connectivity index is 1.60. The Morgan fingerprint density at radius 1 is 0.941 bits per heavy atom. The van der Waals surface area contributed by atoms with Crippen LogP contribution in [0.25, 0.3) is 0 Å². The van der Waals surface area contributed by atoms with Crippen molar-refractivity contribution >= 4 is 23.4 Å². The van der Waals surface area contributed by atoms with Gasteiger partial charge in [-0.05, 0) is 42.7 Å². The van der Waals surface area contributed by atoms with Crippen molar-refractivity contribution in [3.8, 4) is 0 Å². The van der Waals surface area contributed by atoms with Crippen LogP contribution >= 0.6 is 0 Å². The molecule has 0 saturated carbocycles. The molecule has 3 aromatic rings. The molecule has 176 valence electrons. The maximum absolute atomic E-state index is 13.5. The van der Waals surface area contributed by atoms with Crippen LogP contribution in [0.1, 0.15) is 35.0 Å². The molecule has 0 bridgehead atoms.